The van der Waals surface area contributed by atoms with E-state index < -0.39 is 10.0 Å². The Bertz CT molecular complexity index is 422. The highest BCUT2D eigenvalue weighted by Crippen LogP contribution is 2.34. The Hall–Kier alpha value is -0.130. The molecule has 2 heterocycles. The van der Waals surface area contributed by atoms with Gasteiger partial charge in [0.05, 0.1) is 5.75 Å². The van der Waals surface area contributed by atoms with E-state index in [4.69, 9.17) is 0 Å². The zero-order valence-electron chi connectivity index (χ0n) is 13.9. The van der Waals surface area contributed by atoms with Crippen molar-refractivity contribution in [3.05, 3.63) is 0 Å². The molecule has 2 unspecified atom stereocenters. The SMILES string of the molecule is CC(C)(C)C1CCCN(S(=O)(=O)CC2CCCNC2)CC1. The molecule has 0 spiro atoms. The largest absolute Gasteiger partial charge is 0.316 e. The number of hydrogen-bond donors (Lipinski definition) is 1. The van der Waals surface area contributed by atoms with Gasteiger partial charge in [-0.3, -0.25) is 0 Å². The smallest absolute Gasteiger partial charge is 0.214 e. The molecule has 0 aromatic rings. The van der Waals surface area contributed by atoms with Crippen molar-refractivity contribution < 1.29 is 8.42 Å². The molecule has 1 N–H and O–H groups in total. The van der Waals surface area contributed by atoms with E-state index in [1.165, 1.54) is 0 Å². The first kappa shape index (κ1) is 17.2. The topological polar surface area (TPSA) is 49.4 Å². The molecule has 0 bridgehead atoms. The maximum atomic E-state index is 12.7. The second-order valence-corrected chi connectivity index (χ2v) is 9.90. The Morgan fingerprint density at radius 2 is 1.86 bits per heavy atom. The lowest BCUT2D eigenvalue weighted by Crippen LogP contribution is -2.40. The molecule has 2 saturated heterocycles. The summed E-state index contributed by atoms with van der Waals surface area (Å²) in [5.74, 6) is 1.26. The number of nitrogens with one attached hydrogen (secondary N) is 1. The van der Waals surface area contributed by atoms with Gasteiger partial charge in [-0.15, -0.1) is 0 Å². The lowest BCUT2D eigenvalue weighted by Gasteiger charge is -2.30. The molecule has 2 aliphatic heterocycles. The van der Waals surface area contributed by atoms with Gasteiger partial charge in [0.2, 0.25) is 10.0 Å². The Kier molecular flexibility index (Phi) is 5.71. The van der Waals surface area contributed by atoms with Crippen LogP contribution in [-0.2, 0) is 10.0 Å². The molecule has 0 saturated carbocycles. The summed E-state index contributed by atoms with van der Waals surface area (Å²) in [6, 6.07) is 0. The minimum absolute atomic E-state index is 0.285. The van der Waals surface area contributed by atoms with Crippen LogP contribution in [0.25, 0.3) is 0 Å². The Morgan fingerprint density at radius 1 is 1.10 bits per heavy atom. The van der Waals surface area contributed by atoms with Crippen LogP contribution in [0.15, 0.2) is 0 Å². The monoisotopic (exact) mass is 316 g/mol. The van der Waals surface area contributed by atoms with Crippen LogP contribution in [0.3, 0.4) is 0 Å². The Morgan fingerprint density at radius 3 is 2.48 bits per heavy atom. The highest BCUT2D eigenvalue weighted by atomic mass is 32.2. The molecule has 2 fully saturated rings. The van der Waals surface area contributed by atoms with Gasteiger partial charge in [-0.2, -0.15) is 0 Å². The van der Waals surface area contributed by atoms with Gasteiger partial charge in [0.15, 0.2) is 0 Å². The molecule has 0 radical (unpaired) electrons. The number of piperidine rings is 1. The van der Waals surface area contributed by atoms with Crippen LogP contribution < -0.4 is 5.32 Å². The Balaban J connectivity index is 1.94. The van der Waals surface area contributed by atoms with Gasteiger partial charge in [0.1, 0.15) is 0 Å². The maximum absolute atomic E-state index is 12.7. The molecular weight excluding hydrogens is 284 g/mol. The zero-order chi connectivity index (χ0) is 15.5. The first-order chi connectivity index (χ1) is 9.79. The van der Waals surface area contributed by atoms with Gasteiger partial charge in [-0.05, 0) is 62.4 Å². The van der Waals surface area contributed by atoms with Crippen LogP contribution in [-0.4, -0.2) is 44.7 Å². The van der Waals surface area contributed by atoms with Crippen molar-refractivity contribution in [1.29, 1.82) is 0 Å². The van der Waals surface area contributed by atoms with E-state index in [9.17, 15) is 8.42 Å². The van der Waals surface area contributed by atoms with Gasteiger partial charge in [0, 0.05) is 13.1 Å². The molecule has 0 aliphatic carbocycles. The fourth-order valence-electron chi connectivity index (χ4n) is 3.68. The summed E-state index contributed by atoms with van der Waals surface area (Å²) in [6.45, 7) is 10.1. The minimum atomic E-state index is -3.08. The number of rotatable bonds is 3. The first-order valence-electron chi connectivity index (χ1n) is 8.47. The zero-order valence-corrected chi connectivity index (χ0v) is 14.7. The predicted molar refractivity (Wildman–Crippen MR) is 87.7 cm³/mol. The molecule has 5 heteroatoms. The van der Waals surface area contributed by atoms with Crippen LogP contribution >= 0.6 is 0 Å². The van der Waals surface area contributed by atoms with Crippen molar-refractivity contribution >= 4 is 10.0 Å². The molecule has 0 aromatic carbocycles. The van der Waals surface area contributed by atoms with Crippen LogP contribution in [0, 0.1) is 17.3 Å². The molecule has 124 valence electrons. The van der Waals surface area contributed by atoms with Gasteiger partial charge in [-0.1, -0.05) is 20.8 Å². The van der Waals surface area contributed by atoms with Gasteiger partial charge < -0.3 is 5.32 Å². The van der Waals surface area contributed by atoms with Crippen molar-refractivity contribution in [2.45, 2.75) is 52.9 Å². The van der Waals surface area contributed by atoms with E-state index in [-0.39, 0.29) is 5.41 Å². The molecular formula is C16H32N2O2S. The van der Waals surface area contributed by atoms with E-state index in [0.29, 0.717) is 24.1 Å². The maximum Gasteiger partial charge on any atom is 0.214 e. The second-order valence-electron chi connectivity index (χ2n) is 7.88. The molecule has 0 aromatic heterocycles. The van der Waals surface area contributed by atoms with Gasteiger partial charge in [-0.25, -0.2) is 12.7 Å². The van der Waals surface area contributed by atoms with Crippen LogP contribution in [0.5, 0.6) is 0 Å². The Labute approximate surface area is 130 Å². The molecule has 0 amide bonds. The van der Waals surface area contributed by atoms with E-state index in [2.05, 4.69) is 26.1 Å². The van der Waals surface area contributed by atoms with Crippen LogP contribution in [0.2, 0.25) is 0 Å². The average molecular weight is 317 g/mol. The summed E-state index contributed by atoms with van der Waals surface area (Å²) < 4.78 is 27.1. The van der Waals surface area contributed by atoms with E-state index >= 15 is 0 Å². The molecule has 2 atom stereocenters. The van der Waals surface area contributed by atoms with Crippen LogP contribution in [0.4, 0.5) is 0 Å². The number of sulfonamides is 1. The second kappa shape index (κ2) is 6.97. The third kappa shape index (κ3) is 4.93. The summed E-state index contributed by atoms with van der Waals surface area (Å²) >= 11 is 0. The van der Waals surface area contributed by atoms with E-state index in [1.54, 1.807) is 4.31 Å². The highest BCUT2D eigenvalue weighted by molar-refractivity contribution is 7.89. The predicted octanol–water partition coefficient (Wildman–Crippen LogP) is 2.46. The van der Waals surface area contributed by atoms with E-state index in [1.807, 2.05) is 0 Å². The summed E-state index contributed by atoms with van der Waals surface area (Å²) in [6.07, 6.45) is 5.31. The van der Waals surface area contributed by atoms with E-state index in [0.717, 1.165) is 51.7 Å². The summed E-state index contributed by atoms with van der Waals surface area (Å²) in [5, 5.41) is 3.32. The minimum Gasteiger partial charge on any atom is -0.316 e. The lowest BCUT2D eigenvalue weighted by molar-refractivity contribution is 0.216. The fourth-order valence-corrected chi connectivity index (χ4v) is 5.57. The molecule has 21 heavy (non-hydrogen) atoms. The highest BCUT2D eigenvalue weighted by Gasteiger charge is 2.32. The van der Waals surface area contributed by atoms with Crippen molar-refractivity contribution in [2.24, 2.45) is 17.3 Å². The summed E-state index contributed by atoms with van der Waals surface area (Å²) in [5.41, 5.74) is 0.285. The quantitative estimate of drug-likeness (QED) is 0.870. The first-order valence-corrected chi connectivity index (χ1v) is 10.1. The average Bonchev–Trinajstić information content (AvgIpc) is 2.65. The standard InChI is InChI=1S/C16H32N2O2S/c1-16(2,3)15-7-5-10-18(11-8-15)21(19,20)13-14-6-4-9-17-12-14/h14-15,17H,4-13H2,1-3H3. The summed E-state index contributed by atoms with van der Waals surface area (Å²) in [7, 11) is -3.08. The third-order valence-electron chi connectivity index (χ3n) is 5.15. The summed E-state index contributed by atoms with van der Waals surface area (Å²) in [4.78, 5) is 0. The van der Waals surface area contributed by atoms with Crippen molar-refractivity contribution in [3.63, 3.8) is 0 Å². The molecule has 2 aliphatic rings. The molecule has 4 nitrogen and oxygen atoms in total. The van der Waals surface area contributed by atoms with Crippen molar-refractivity contribution in [1.82, 2.24) is 9.62 Å². The third-order valence-corrected chi connectivity index (χ3v) is 7.20. The number of hydrogen-bond acceptors (Lipinski definition) is 3. The lowest BCUT2D eigenvalue weighted by atomic mass is 9.77. The van der Waals surface area contributed by atoms with Crippen LogP contribution in [0.1, 0.15) is 52.9 Å². The normalized spacial score (nSPS) is 30.0. The van der Waals surface area contributed by atoms with Gasteiger partial charge in [0.25, 0.3) is 0 Å². The fraction of sp³-hybridized carbons (Fsp3) is 1.00. The van der Waals surface area contributed by atoms with Crippen molar-refractivity contribution in [2.75, 3.05) is 31.9 Å². The molecule has 2 rings (SSSR count). The number of nitrogens with zero attached hydrogens (tertiary/aromatic N) is 1. The van der Waals surface area contributed by atoms with Gasteiger partial charge >= 0.3 is 0 Å². The van der Waals surface area contributed by atoms with Crippen molar-refractivity contribution in [3.8, 4) is 0 Å².